The van der Waals surface area contributed by atoms with Crippen molar-refractivity contribution in [2.24, 2.45) is 0 Å². The fourth-order valence-electron chi connectivity index (χ4n) is 4.29. The molecule has 0 spiro atoms. The molecule has 0 amide bonds. The van der Waals surface area contributed by atoms with Crippen LogP contribution in [0.25, 0.3) is 0 Å². The van der Waals surface area contributed by atoms with Crippen LogP contribution in [0.1, 0.15) is 96.3 Å². The molecule has 2 rings (SSSR count). The number of piperidine rings is 1. The van der Waals surface area contributed by atoms with Crippen molar-refractivity contribution in [2.45, 2.75) is 103 Å². The van der Waals surface area contributed by atoms with Crippen LogP contribution in [0.3, 0.4) is 0 Å². The summed E-state index contributed by atoms with van der Waals surface area (Å²) in [6.45, 7) is 11.6. The molecule has 4 nitrogen and oxygen atoms in total. The maximum absolute atomic E-state index is 12.5. The van der Waals surface area contributed by atoms with E-state index in [4.69, 9.17) is 9.47 Å². The zero-order valence-corrected chi connectivity index (χ0v) is 18.5. The number of rotatable bonds is 10. The van der Waals surface area contributed by atoms with Gasteiger partial charge in [0, 0.05) is 23.9 Å². The summed E-state index contributed by atoms with van der Waals surface area (Å²) in [6.07, 6.45) is 9.07. The Balaban J connectivity index is 1.77. The first kappa shape index (κ1) is 22.7. The molecule has 1 saturated heterocycles. The van der Waals surface area contributed by atoms with E-state index in [1.54, 1.807) is 12.1 Å². The van der Waals surface area contributed by atoms with Crippen molar-refractivity contribution in [3.05, 3.63) is 29.8 Å². The number of carbonyl (C=O) groups excluding carboxylic acids is 1. The van der Waals surface area contributed by atoms with Gasteiger partial charge in [0.2, 0.25) is 0 Å². The minimum Gasteiger partial charge on any atom is -0.494 e. The third-order valence-electron chi connectivity index (χ3n) is 5.28. The average Bonchev–Trinajstić information content (AvgIpc) is 2.58. The molecule has 4 heteroatoms. The highest BCUT2D eigenvalue weighted by atomic mass is 16.5. The first-order chi connectivity index (χ1) is 13.2. The van der Waals surface area contributed by atoms with E-state index >= 15 is 0 Å². The second-order valence-electron chi connectivity index (χ2n) is 9.47. The lowest BCUT2D eigenvalue weighted by Crippen LogP contribution is -2.59. The van der Waals surface area contributed by atoms with E-state index in [2.05, 4.69) is 39.9 Å². The molecular weight excluding hydrogens is 350 g/mol. The Hall–Kier alpha value is -1.55. The van der Waals surface area contributed by atoms with Crippen molar-refractivity contribution in [1.82, 2.24) is 5.32 Å². The van der Waals surface area contributed by atoms with Crippen molar-refractivity contribution < 1.29 is 14.3 Å². The van der Waals surface area contributed by atoms with Crippen LogP contribution in [0.15, 0.2) is 24.3 Å². The smallest absolute Gasteiger partial charge is 0.338 e. The van der Waals surface area contributed by atoms with Crippen LogP contribution in [-0.4, -0.2) is 29.8 Å². The lowest BCUT2D eigenvalue weighted by molar-refractivity contribution is -0.00637. The third kappa shape index (κ3) is 7.83. The van der Waals surface area contributed by atoms with E-state index in [-0.39, 0.29) is 23.2 Å². The zero-order chi connectivity index (χ0) is 20.6. The summed E-state index contributed by atoms with van der Waals surface area (Å²) in [5.74, 6) is 0.565. The first-order valence-electron chi connectivity index (χ1n) is 10.9. The predicted octanol–water partition coefficient (Wildman–Crippen LogP) is 5.89. The summed E-state index contributed by atoms with van der Waals surface area (Å²) >= 11 is 0. The number of benzene rings is 1. The zero-order valence-electron chi connectivity index (χ0n) is 18.5. The number of ether oxygens (including phenoxy) is 2. The third-order valence-corrected chi connectivity index (χ3v) is 5.28. The highest BCUT2D eigenvalue weighted by Gasteiger charge is 2.39. The van der Waals surface area contributed by atoms with Crippen LogP contribution in [-0.2, 0) is 4.74 Å². The molecule has 0 unspecified atom stereocenters. The summed E-state index contributed by atoms with van der Waals surface area (Å²) in [5.41, 5.74) is 0.503. The standard InChI is InChI=1S/C24H39NO3/c1-6-7-8-9-10-11-16-27-20-14-12-19(13-15-20)22(26)28-21-17-23(2,3)25-24(4,5)18-21/h12-15,21,25H,6-11,16-18H2,1-5H3. The molecule has 1 N–H and O–H groups in total. The van der Waals surface area contributed by atoms with Gasteiger partial charge in [-0.1, -0.05) is 39.0 Å². The molecule has 0 saturated carbocycles. The monoisotopic (exact) mass is 389 g/mol. The molecular formula is C24H39NO3. The van der Waals surface area contributed by atoms with Gasteiger partial charge in [0.15, 0.2) is 0 Å². The number of carbonyl (C=O) groups is 1. The Bertz CT molecular complexity index is 591. The van der Waals surface area contributed by atoms with Crippen LogP contribution in [0.5, 0.6) is 5.75 Å². The van der Waals surface area contributed by atoms with E-state index in [1.165, 1.54) is 32.1 Å². The number of unbranched alkanes of at least 4 members (excludes halogenated alkanes) is 5. The molecule has 0 aromatic heterocycles. The quantitative estimate of drug-likeness (QED) is 0.400. The Kier molecular flexibility index (Phi) is 8.36. The van der Waals surface area contributed by atoms with Gasteiger partial charge in [-0.25, -0.2) is 4.79 Å². The molecule has 0 aliphatic carbocycles. The topological polar surface area (TPSA) is 47.6 Å². The number of esters is 1. The molecule has 28 heavy (non-hydrogen) atoms. The highest BCUT2D eigenvalue weighted by Crippen LogP contribution is 2.31. The minimum absolute atomic E-state index is 0.0407. The second kappa shape index (κ2) is 10.3. The molecule has 0 bridgehead atoms. The second-order valence-corrected chi connectivity index (χ2v) is 9.47. The van der Waals surface area contributed by atoms with Gasteiger partial charge in [-0.2, -0.15) is 0 Å². The van der Waals surface area contributed by atoms with Gasteiger partial charge in [-0.15, -0.1) is 0 Å². The molecule has 158 valence electrons. The van der Waals surface area contributed by atoms with Crippen LogP contribution in [0, 0.1) is 0 Å². The lowest BCUT2D eigenvalue weighted by Gasteiger charge is -2.45. The van der Waals surface area contributed by atoms with Crippen LogP contribution in [0.2, 0.25) is 0 Å². The minimum atomic E-state index is -0.249. The van der Waals surface area contributed by atoms with E-state index in [0.29, 0.717) is 5.56 Å². The van der Waals surface area contributed by atoms with Crippen molar-refractivity contribution in [3.63, 3.8) is 0 Å². The largest absolute Gasteiger partial charge is 0.494 e. The van der Waals surface area contributed by atoms with Crippen LogP contribution >= 0.6 is 0 Å². The van der Waals surface area contributed by atoms with E-state index < -0.39 is 0 Å². The van der Waals surface area contributed by atoms with Gasteiger partial charge >= 0.3 is 5.97 Å². The van der Waals surface area contributed by atoms with Crippen molar-refractivity contribution >= 4 is 5.97 Å². The van der Waals surface area contributed by atoms with E-state index in [1.807, 2.05) is 12.1 Å². The fraction of sp³-hybridized carbons (Fsp3) is 0.708. The predicted molar refractivity (Wildman–Crippen MR) is 115 cm³/mol. The van der Waals surface area contributed by atoms with Crippen molar-refractivity contribution in [2.75, 3.05) is 6.61 Å². The summed E-state index contributed by atoms with van der Waals surface area (Å²) in [4.78, 5) is 12.5. The molecule has 0 atom stereocenters. The molecule has 1 aromatic rings. The van der Waals surface area contributed by atoms with E-state index in [0.717, 1.165) is 31.6 Å². The molecule has 1 fully saturated rings. The Morgan fingerprint density at radius 2 is 1.54 bits per heavy atom. The number of nitrogens with one attached hydrogen (secondary N) is 1. The number of hydrogen-bond donors (Lipinski definition) is 1. The van der Waals surface area contributed by atoms with Gasteiger partial charge < -0.3 is 14.8 Å². The van der Waals surface area contributed by atoms with Gasteiger partial charge in [0.25, 0.3) is 0 Å². The summed E-state index contributed by atoms with van der Waals surface area (Å²) in [6, 6.07) is 7.33. The summed E-state index contributed by atoms with van der Waals surface area (Å²) < 4.78 is 11.6. The Morgan fingerprint density at radius 1 is 0.964 bits per heavy atom. The van der Waals surface area contributed by atoms with Crippen LogP contribution < -0.4 is 10.1 Å². The van der Waals surface area contributed by atoms with Crippen molar-refractivity contribution in [3.8, 4) is 5.75 Å². The first-order valence-corrected chi connectivity index (χ1v) is 10.9. The average molecular weight is 390 g/mol. The van der Waals surface area contributed by atoms with Crippen LogP contribution in [0.4, 0.5) is 0 Å². The fourth-order valence-corrected chi connectivity index (χ4v) is 4.29. The number of hydrogen-bond acceptors (Lipinski definition) is 4. The van der Waals surface area contributed by atoms with Gasteiger partial charge in [-0.3, -0.25) is 0 Å². The summed E-state index contributed by atoms with van der Waals surface area (Å²) in [7, 11) is 0. The van der Waals surface area contributed by atoms with Gasteiger partial charge in [0.1, 0.15) is 11.9 Å². The van der Waals surface area contributed by atoms with Crippen molar-refractivity contribution in [1.29, 1.82) is 0 Å². The maximum Gasteiger partial charge on any atom is 0.338 e. The Labute approximate surface area is 171 Å². The highest BCUT2D eigenvalue weighted by molar-refractivity contribution is 5.89. The van der Waals surface area contributed by atoms with Gasteiger partial charge in [-0.05, 0) is 58.4 Å². The molecule has 1 aliphatic rings. The Morgan fingerprint density at radius 3 is 2.14 bits per heavy atom. The normalized spacial score (nSPS) is 18.6. The van der Waals surface area contributed by atoms with E-state index in [9.17, 15) is 4.79 Å². The summed E-state index contributed by atoms with van der Waals surface area (Å²) in [5, 5.41) is 3.61. The molecule has 1 aliphatic heterocycles. The lowest BCUT2D eigenvalue weighted by atomic mass is 9.81. The molecule has 0 radical (unpaired) electrons. The SMILES string of the molecule is CCCCCCCCOc1ccc(C(=O)OC2CC(C)(C)NC(C)(C)C2)cc1. The van der Waals surface area contributed by atoms with Gasteiger partial charge in [0.05, 0.1) is 12.2 Å². The molecule has 1 heterocycles. The molecule has 1 aromatic carbocycles. The maximum atomic E-state index is 12.5.